The Bertz CT molecular complexity index is 973. The Morgan fingerprint density at radius 1 is 0.963 bits per heavy atom. The Morgan fingerprint density at radius 2 is 1.74 bits per heavy atom. The highest BCUT2D eigenvalue weighted by Crippen LogP contribution is 2.29. The molecule has 0 amide bonds. The van der Waals surface area contributed by atoms with E-state index in [2.05, 4.69) is 52.7 Å². The molecule has 0 radical (unpaired) electrons. The molecule has 0 saturated carbocycles. The summed E-state index contributed by atoms with van der Waals surface area (Å²) in [6.07, 6.45) is 0.754. The highest BCUT2D eigenvalue weighted by atomic mass is 35.5. The van der Waals surface area contributed by atoms with Gasteiger partial charge in [-0.1, -0.05) is 65.7 Å². The number of amidine groups is 1. The number of fused-ring (bicyclic) bond motifs is 1. The molecule has 1 N–H and O–H groups in total. The van der Waals surface area contributed by atoms with Gasteiger partial charge in [-0.3, -0.25) is 0 Å². The van der Waals surface area contributed by atoms with Crippen molar-refractivity contribution in [2.75, 3.05) is 26.2 Å². The van der Waals surface area contributed by atoms with Crippen LogP contribution in [0.5, 0.6) is 0 Å². The lowest BCUT2D eigenvalue weighted by molar-refractivity contribution is 0.353. The van der Waals surface area contributed by atoms with Crippen molar-refractivity contribution >= 4 is 45.5 Å². The van der Waals surface area contributed by atoms with Gasteiger partial charge in [0.2, 0.25) is 0 Å². The molecule has 3 aromatic carbocycles. The monoisotopic (exact) mass is 397 g/mol. The van der Waals surface area contributed by atoms with E-state index in [1.807, 2.05) is 6.07 Å². The smallest absolute Gasteiger partial charge is 0.109 e. The first-order valence-electron chi connectivity index (χ1n) is 9.15. The summed E-state index contributed by atoms with van der Waals surface area (Å²) in [5.74, 6) is 1.03. The first kappa shape index (κ1) is 18.3. The van der Waals surface area contributed by atoms with Crippen LogP contribution >= 0.6 is 23.2 Å². The van der Waals surface area contributed by atoms with E-state index < -0.39 is 0 Å². The molecule has 0 aliphatic carbocycles. The van der Waals surface area contributed by atoms with Crippen LogP contribution < -0.4 is 5.32 Å². The van der Waals surface area contributed by atoms with Gasteiger partial charge in [0.05, 0.1) is 10.7 Å². The molecule has 3 nitrogen and oxygen atoms in total. The van der Waals surface area contributed by atoms with Gasteiger partial charge in [-0.25, -0.2) is 4.99 Å². The van der Waals surface area contributed by atoms with Crippen LogP contribution in [0.4, 0.5) is 5.69 Å². The normalized spacial score (nSPS) is 15.3. The van der Waals surface area contributed by atoms with Gasteiger partial charge in [0.25, 0.3) is 0 Å². The Kier molecular flexibility index (Phi) is 5.63. The zero-order valence-corrected chi connectivity index (χ0v) is 16.5. The second-order valence-electron chi connectivity index (χ2n) is 6.68. The molecule has 1 heterocycles. The maximum Gasteiger partial charge on any atom is 0.109 e. The lowest BCUT2D eigenvalue weighted by atomic mass is 10.0. The number of halogens is 2. The number of piperazine rings is 1. The number of nitrogens with zero attached hydrogens (tertiary/aromatic N) is 2. The van der Waals surface area contributed by atoms with Crippen LogP contribution in [0, 0.1) is 0 Å². The number of aliphatic imine (C=N–C) groups is 1. The van der Waals surface area contributed by atoms with Gasteiger partial charge in [-0.2, -0.15) is 0 Å². The highest BCUT2D eigenvalue weighted by Gasteiger charge is 2.17. The van der Waals surface area contributed by atoms with E-state index in [0.717, 1.165) is 44.1 Å². The van der Waals surface area contributed by atoms with Crippen molar-refractivity contribution in [3.63, 3.8) is 0 Å². The fraction of sp³-hybridized carbons (Fsp3) is 0.227. The van der Waals surface area contributed by atoms with Crippen LogP contribution in [-0.2, 0) is 6.42 Å². The third-order valence-electron chi connectivity index (χ3n) is 4.87. The average molecular weight is 398 g/mol. The summed E-state index contributed by atoms with van der Waals surface area (Å²) in [6, 6.07) is 20.3. The molecule has 3 aromatic rings. The number of benzene rings is 3. The van der Waals surface area contributed by atoms with Gasteiger partial charge in [0, 0.05) is 37.6 Å². The third-order valence-corrected chi connectivity index (χ3v) is 5.42. The van der Waals surface area contributed by atoms with Crippen molar-refractivity contribution < 1.29 is 0 Å². The molecule has 1 fully saturated rings. The first-order valence-corrected chi connectivity index (χ1v) is 9.91. The number of rotatable bonds is 3. The van der Waals surface area contributed by atoms with Crippen LogP contribution in [-0.4, -0.2) is 36.9 Å². The number of nitrogens with one attached hydrogen (secondary N) is 1. The minimum Gasteiger partial charge on any atom is -0.357 e. The standard InChI is InChI=1S/C22H21Cl2N3/c23-18-8-9-20(24)21(15-18)26-22(27-12-10-25-11-13-27)14-17-6-3-5-16-4-1-2-7-19(16)17/h1-9,15,25H,10-14H2. The fourth-order valence-electron chi connectivity index (χ4n) is 3.47. The molecule has 0 atom stereocenters. The van der Waals surface area contributed by atoms with Gasteiger partial charge in [0.1, 0.15) is 5.84 Å². The van der Waals surface area contributed by atoms with Gasteiger partial charge >= 0.3 is 0 Å². The van der Waals surface area contributed by atoms with Crippen molar-refractivity contribution in [1.29, 1.82) is 0 Å². The summed E-state index contributed by atoms with van der Waals surface area (Å²) in [5, 5.41) is 7.17. The molecule has 0 unspecified atom stereocenters. The molecule has 4 rings (SSSR count). The molecule has 138 valence electrons. The zero-order chi connectivity index (χ0) is 18.6. The lowest BCUT2D eigenvalue weighted by Crippen LogP contribution is -2.47. The summed E-state index contributed by atoms with van der Waals surface area (Å²) in [5.41, 5.74) is 1.99. The molecule has 1 saturated heterocycles. The van der Waals surface area contributed by atoms with Crippen molar-refractivity contribution in [3.05, 3.63) is 76.3 Å². The van der Waals surface area contributed by atoms with Crippen LogP contribution in [0.25, 0.3) is 10.8 Å². The second-order valence-corrected chi connectivity index (χ2v) is 7.52. The summed E-state index contributed by atoms with van der Waals surface area (Å²) in [7, 11) is 0. The van der Waals surface area contributed by atoms with E-state index in [4.69, 9.17) is 28.2 Å². The molecule has 1 aliphatic rings. The molecular formula is C22H21Cl2N3. The third kappa shape index (κ3) is 4.27. The Balaban J connectivity index is 1.75. The summed E-state index contributed by atoms with van der Waals surface area (Å²) < 4.78 is 0. The van der Waals surface area contributed by atoms with E-state index in [1.54, 1.807) is 12.1 Å². The van der Waals surface area contributed by atoms with Gasteiger partial charge in [0.15, 0.2) is 0 Å². The lowest BCUT2D eigenvalue weighted by Gasteiger charge is -2.31. The average Bonchev–Trinajstić information content (AvgIpc) is 2.71. The largest absolute Gasteiger partial charge is 0.357 e. The van der Waals surface area contributed by atoms with Gasteiger partial charge < -0.3 is 10.2 Å². The van der Waals surface area contributed by atoms with E-state index in [1.165, 1.54) is 16.3 Å². The Morgan fingerprint density at radius 3 is 2.59 bits per heavy atom. The highest BCUT2D eigenvalue weighted by molar-refractivity contribution is 6.35. The molecule has 0 aromatic heterocycles. The Hall–Kier alpha value is -2.07. The van der Waals surface area contributed by atoms with Crippen LogP contribution in [0.3, 0.4) is 0 Å². The van der Waals surface area contributed by atoms with Crippen LogP contribution in [0.15, 0.2) is 65.7 Å². The summed E-state index contributed by atoms with van der Waals surface area (Å²) in [4.78, 5) is 7.29. The predicted molar refractivity (Wildman–Crippen MR) is 116 cm³/mol. The molecule has 0 bridgehead atoms. The first-order chi connectivity index (χ1) is 13.2. The topological polar surface area (TPSA) is 27.6 Å². The van der Waals surface area contributed by atoms with Gasteiger partial charge in [-0.15, -0.1) is 0 Å². The molecule has 5 heteroatoms. The van der Waals surface area contributed by atoms with Crippen LogP contribution in [0.1, 0.15) is 5.56 Å². The van der Waals surface area contributed by atoms with E-state index in [9.17, 15) is 0 Å². The summed E-state index contributed by atoms with van der Waals surface area (Å²) in [6.45, 7) is 3.78. The molecule has 1 aliphatic heterocycles. The molecule has 0 spiro atoms. The van der Waals surface area contributed by atoms with Crippen LogP contribution in [0.2, 0.25) is 10.0 Å². The minimum absolute atomic E-state index is 0.616. The fourth-order valence-corrected chi connectivity index (χ4v) is 3.80. The van der Waals surface area contributed by atoms with E-state index in [-0.39, 0.29) is 0 Å². The SMILES string of the molecule is Clc1ccc(Cl)c(N=C(Cc2cccc3ccccc23)N2CCNCC2)c1. The second kappa shape index (κ2) is 8.30. The zero-order valence-electron chi connectivity index (χ0n) is 15.0. The van der Waals surface area contributed by atoms with Crippen molar-refractivity contribution in [3.8, 4) is 0 Å². The maximum absolute atomic E-state index is 6.38. The predicted octanol–water partition coefficient (Wildman–Crippen LogP) is 5.32. The Labute approximate surface area is 169 Å². The number of hydrogen-bond acceptors (Lipinski definition) is 2. The quantitative estimate of drug-likeness (QED) is 0.477. The number of hydrogen-bond donors (Lipinski definition) is 1. The minimum atomic E-state index is 0.616. The summed E-state index contributed by atoms with van der Waals surface area (Å²) >= 11 is 12.6. The van der Waals surface area contributed by atoms with Crippen molar-refractivity contribution in [2.45, 2.75) is 6.42 Å². The van der Waals surface area contributed by atoms with Crippen molar-refractivity contribution in [2.24, 2.45) is 4.99 Å². The van der Waals surface area contributed by atoms with E-state index in [0.29, 0.717) is 10.0 Å². The van der Waals surface area contributed by atoms with Gasteiger partial charge in [-0.05, 0) is 34.5 Å². The van der Waals surface area contributed by atoms with E-state index >= 15 is 0 Å². The maximum atomic E-state index is 6.38. The van der Waals surface area contributed by atoms with Crippen molar-refractivity contribution in [1.82, 2.24) is 10.2 Å². The molecule has 27 heavy (non-hydrogen) atoms. The molecular weight excluding hydrogens is 377 g/mol.